The van der Waals surface area contributed by atoms with Crippen molar-refractivity contribution in [3.63, 3.8) is 0 Å². The molecule has 2 atom stereocenters. The molecule has 0 aliphatic heterocycles. The van der Waals surface area contributed by atoms with Gasteiger partial charge in [-0.2, -0.15) is 0 Å². The van der Waals surface area contributed by atoms with E-state index in [0.29, 0.717) is 5.92 Å². The molecule has 0 fully saturated rings. The molecule has 0 saturated heterocycles. The molecule has 0 saturated carbocycles. The molecule has 0 amide bonds. The van der Waals surface area contributed by atoms with E-state index >= 15 is 0 Å². The highest BCUT2D eigenvalue weighted by Gasteiger charge is 2.21. The molecule has 1 unspecified atom stereocenters. The van der Waals surface area contributed by atoms with Gasteiger partial charge in [0.1, 0.15) is 6.04 Å². The number of hydrogen-bond acceptors (Lipinski definition) is 2. The zero-order valence-corrected chi connectivity index (χ0v) is 14.8. The summed E-state index contributed by atoms with van der Waals surface area (Å²) in [6, 6.07) is 8.31. The predicted molar refractivity (Wildman–Crippen MR) is 92.3 cm³/mol. The average molecular weight is 305 g/mol. The van der Waals surface area contributed by atoms with Crippen LogP contribution in [0.1, 0.15) is 52.7 Å². The lowest BCUT2D eigenvalue weighted by Crippen LogP contribution is -2.43. The quantitative estimate of drug-likeness (QED) is 0.804. The SMILES string of the molecule is CC(CN[C@@H](C(=O)O)C(C)C)Cc1ccc(C(C)(C)C)cc1. The van der Waals surface area contributed by atoms with E-state index in [1.54, 1.807) is 0 Å². The van der Waals surface area contributed by atoms with Crippen molar-refractivity contribution in [2.24, 2.45) is 11.8 Å². The van der Waals surface area contributed by atoms with Crippen molar-refractivity contribution in [1.29, 1.82) is 0 Å². The molecule has 3 nitrogen and oxygen atoms in total. The first kappa shape index (κ1) is 18.7. The largest absolute Gasteiger partial charge is 0.480 e. The van der Waals surface area contributed by atoms with Crippen LogP contribution >= 0.6 is 0 Å². The van der Waals surface area contributed by atoms with Gasteiger partial charge in [-0.25, -0.2) is 0 Å². The fourth-order valence-electron chi connectivity index (χ4n) is 2.55. The molecule has 2 N–H and O–H groups in total. The van der Waals surface area contributed by atoms with Crippen LogP contribution in [0.2, 0.25) is 0 Å². The topological polar surface area (TPSA) is 49.3 Å². The Morgan fingerprint density at radius 2 is 1.68 bits per heavy atom. The Labute approximate surface area is 135 Å². The van der Waals surface area contributed by atoms with E-state index in [2.05, 4.69) is 57.3 Å². The zero-order chi connectivity index (χ0) is 16.9. The number of carboxylic acid groups (broad SMARTS) is 1. The fraction of sp³-hybridized carbons (Fsp3) is 0.632. The number of carboxylic acids is 1. The third-order valence-corrected chi connectivity index (χ3v) is 4.02. The van der Waals surface area contributed by atoms with E-state index in [4.69, 9.17) is 0 Å². The molecule has 124 valence electrons. The van der Waals surface area contributed by atoms with E-state index in [-0.39, 0.29) is 11.3 Å². The first-order valence-corrected chi connectivity index (χ1v) is 8.17. The highest BCUT2D eigenvalue weighted by atomic mass is 16.4. The van der Waals surface area contributed by atoms with Gasteiger partial charge in [0.15, 0.2) is 0 Å². The lowest BCUT2D eigenvalue weighted by atomic mass is 9.86. The molecular formula is C19H31NO2. The first-order chi connectivity index (χ1) is 10.1. The summed E-state index contributed by atoms with van der Waals surface area (Å²) >= 11 is 0. The summed E-state index contributed by atoms with van der Waals surface area (Å²) < 4.78 is 0. The van der Waals surface area contributed by atoms with Gasteiger partial charge in [0.05, 0.1) is 0 Å². The third-order valence-electron chi connectivity index (χ3n) is 4.02. The zero-order valence-electron chi connectivity index (χ0n) is 14.8. The molecule has 0 aliphatic rings. The molecule has 1 rings (SSSR count). The first-order valence-electron chi connectivity index (χ1n) is 8.17. The van der Waals surface area contributed by atoms with Crippen LogP contribution in [0.25, 0.3) is 0 Å². The Balaban J connectivity index is 2.55. The van der Waals surface area contributed by atoms with E-state index in [1.165, 1.54) is 11.1 Å². The Morgan fingerprint density at radius 1 is 1.14 bits per heavy atom. The van der Waals surface area contributed by atoms with Crippen LogP contribution < -0.4 is 5.32 Å². The number of carbonyl (C=O) groups is 1. The number of hydrogen-bond donors (Lipinski definition) is 2. The Hall–Kier alpha value is -1.35. The molecule has 3 heteroatoms. The summed E-state index contributed by atoms with van der Waals surface area (Å²) in [6.07, 6.45) is 0.960. The average Bonchev–Trinajstić information content (AvgIpc) is 2.37. The molecule has 22 heavy (non-hydrogen) atoms. The fourth-order valence-corrected chi connectivity index (χ4v) is 2.55. The normalized spacial score (nSPS) is 14.9. The molecule has 0 bridgehead atoms. The van der Waals surface area contributed by atoms with Gasteiger partial charge in [-0.05, 0) is 41.3 Å². The van der Waals surface area contributed by atoms with Crippen molar-refractivity contribution >= 4 is 5.97 Å². The van der Waals surface area contributed by atoms with E-state index < -0.39 is 12.0 Å². The standard InChI is InChI=1S/C19H31NO2/c1-13(2)17(18(21)22)20-12-14(3)11-15-7-9-16(10-8-15)19(4,5)6/h7-10,13-14,17,20H,11-12H2,1-6H3,(H,21,22)/t14?,17-/m1/s1. The molecule has 0 spiro atoms. The van der Waals surface area contributed by atoms with Gasteiger partial charge in [0, 0.05) is 0 Å². The monoisotopic (exact) mass is 305 g/mol. The minimum Gasteiger partial charge on any atom is -0.480 e. The number of rotatable bonds is 7. The number of aliphatic carboxylic acids is 1. The second kappa shape index (κ2) is 7.77. The van der Waals surface area contributed by atoms with Crippen LogP contribution in [-0.4, -0.2) is 23.7 Å². The second-order valence-electron chi connectivity index (χ2n) is 7.72. The van der Waals surface area contributed by atoms with Crippen LogP contribution in [0.4, 0.5) is 0 Å². The summed E-state index contributed by atoms with van der Waals surface area (Å²) in [5.41, 5.74) is 2.82. The van der Waals surface area contributed by atoms with E-state index in [0.717, 1.165) is 13.0 Å². The maximum absolute atomic E-state index is 11.2. The van der Waals surface area contributed by atoms with Crippen molar-refractivity contribution in [2.75, 3.05) is 6.54 Å². The summed E-state index contributed by atoms with van der Waals surface area (Å²) in [5, 5.41) is 12.4. The summed E-state index contributed by atoms with van der Waals surface area (Å²) in [6.45, 7) is 13.4. The van der Waals surface area contributed by atoms with Gasteiger partial charge in [0.25, 0.3) is 0 Å². The maximum Gasteiger partial charge on any atom is 0.320 e. The van der Waals surface area contributed by atoms with Gasteiger partial charge >= 0.3 is 5.97 Å². The molecule has 0 aromatic heterocycles. The Kier molecular flexibility index (Phi) is 6.61. The summed E-state index contributed by atoms with van der Waals surface area (Å²) in [4.78, 5) is 11.2. The Bertz CT molecular complexity index is 471. The number of nitrogens with one attached hydrogen (secondary N) is 1. The lowest BCUT2D eigenvalue weighted by molar-refractivity contribution is -0.140. The highest BCUT2D eigenvalue weighted by Crippen LogP contribution is 2.22. The van der Waals surface area contributed by atoms with E-state index in [1.807, 2.05) is 13.8 Å². The van der Waals surface area contributed by atoms with Gasteiger partial charge in [-0.3, -0.25) is 4.79 Å². The van der Waals surface area contributed by atoms with Crippen molar-refractivity contribution in [1.82, 2.24) is 5.32 Å². The smallest absolute Gasteiger partial charge is 0.320 e. The second-order valence-corrected chi connectivity index (χ2v) is 7.72. The third kappa shape index (κ3) is 5.80. The van der Waals surface area contributed by atoms with Crippen LogP contribution in [0.5, 0.6) is 0 Å². The molecule has 0 radical (unpaired) electrons. The van der Waals surface area contributed by atoms with Gasteiger partial charge in [-0.1, -0.05) is 65.8 Å². The minimum absolute atomic E-state index is 0.0933. The lowest BCUT2D eigenvalue weighted by Gasteiger charge is -2.21. The summed E-state index contributed by atoms with van der Waals surface area (Å²) in [5.74, 6) is -0.270. The van der Waals surface area contributed by atoms with E-state index in [9.17, 15) is 9.90 Å². The molecular weight excluding hydrogens is 274 g/mol. The molecule has 0 heterocycles. The van der Waals surface area contributed by atoms with Crippen molar-refractivity contribution in [3.05, 3.63) is 35.4 Å². The van der Waals surface area contributed by atoms with Crippen LogP contribution in [0, 0.1) is 11.8 Å². The molecule has 0 aliphatic carbocycles. The number of benzene rings is 1. The van der Waals surface area contributed by atoms with Crippen molar-refractivity contribution in [3.8, 4) is 0 Å². The van der Waals surface area contributed by atoms with Gasteiger partial charge < -0.3 is 10.4 Å². The van der Waals surface area contributed by atoms with Crippen LogP contribution in [0.3, 0.4) is 0 Å². The van der Waals surface area contributed by atoms with Gasteiger partial charge in [-0.15, -0.1) is 0 Å². The van der Waals surface area contributed by atoms with Crippen molar-refractivity contribution < 1.29 is 9.90 Å². The van der Waals surface area contributed by atoms with Gasteiger partial charge in [0.2, 0.25) is 0 Å². The Morgan fingerprint density at radius 3 is 2.09 bits per heavy atom. The summed E-state index contributed by atoms with van der Waals surface area (Å²) in [7, 11) is 0. The maximum atomic E-state index is 11.2. The molecule has 1 aromatic carbocycles. The minimum atomic E-state index is -0.767. The van der Waals surface area contributed by atoms with Crippen molar-refractivity contribution in [2.45, 2.75) is 59.4 Å². The van der Waals surface area contributed by atoms with Crippen LogP contribution in [0.15, 0.2) is 24.3 Å². The highest BCUT2D eigenvalue weighted by molar-refractivity contribution is 5.73. The predicted octanol–water partition coefficient (Wildman–Crippen LogP) is 3.86. The van der Waals surface area contributed by atoms with Crippen LogP contribution in [-0.2, 0) is 16.6 Å². The molecule has 1 aromatic rings.